The van der Waals surface area contributed by atoms with E-state index >= 15 is 0 Å². The molecule has 2 N–H and O–H groups in total. The van der Waals surface area contributed by atoms with E-state index in [9.17, 15) is 4.39 Å². The molecule has 0 fully saturated rings. The Balaban J connectivity index is 2.23. The Hall–Kier alpha value is -1.65. The summed E-state index contributed by atoms with van der Waals surface area (Å²) in [7, 11) is 0. The van der Waals surface area contributed by atoms with E-state index in [2.05, 4.69) is 4.98 Å². The van der Waals surface area contributed by atoms with Crippen molar-refractivity contribution in [3.05, 3.63) is 52.9 Å². The fourth-order valence-corrected chi connectivity index (χ4v) is 1.60. The van der Waals surface area contributed by atoms with Crippen molar-refractivity contribution in [3.8, 4) is 11.6 Å². The smallest absolute Gasteiger partial charge is 0.219 e. The number of aromatic nitrogens is 1. The zero-order valence-electron chi connectivity index (χ0n) is 9.73. The van der Waals surface area contributed by atoms with E-state index < -0.39 is 5.82 Å². The van der Waals surface area contributed by atoms with Gasteiger partial charge in [-0.1, -0.05) is 11.6 Å². The number of benzene rings is 1. The molecule has 1 heterocycles. The van der Waals surface area contributed by atoms with Crippen molar-refractivity contribution < 1.29 is 9.13 Å². The van der Waals surface area contributed by atoms with Crippen LogP contribution in [0.4, 0.5) is 4.39 Å². The Morgan fingerprint density at radius 1 is 1.33 bits per heavy atom. The van der Waals surface area contributed by atoms with Crippen LogP contribution in [0, 0.1) is 5.82 Å². The number of nitrogens with two attached hydrogens (primary N) is 1. The van der Waals surface area contributed by atoms with Gasteiger partial charge in [0.15, 0.2) is 0 Å². The molecule has 1 atom stereocenters. The van der Waals surface area contributed by atoms with Gasteiger partial charge in [0.1, 0.15) is 11.6 Å². The molecule has 1 unspecified atom stereocenters. The Morgan fingerprint density at radius 3 is 2.78 bits per heavy atom. The van der Waals surface area contributed by atoms with E-state index in [1.165, 1.54) is 18.2 Å². The van der Waals surface area contributed by atoms with Gasteiger partial charge < -0.3 is 10.5 Å². The SMILES string of the molecule is CC(N)c1ccnc(Oc2ccc(F)c(Cl)c2)c1. The van der Waals surface area contributed by atoms with Gasteiger partial charge in [0.25, 0.3) is 0 Å². The van der Waals surface area contributed by atoms with Gasteiger partial charge in [-0.25, -0.2) is 9.37 Å². The summed E-state index contributed by atoms with van der Waals surface area (Å²) in [5, 5.41) is 0.0100. The molecule has 0 aliphatic heterocycles. The molecule has 3 nitrogen and oxygen atoms in total. The van der Waals surface area contributed by atoms with Gasteiger partial charge in [-0.15, -0.1) is 0 Å². The molecule has 0 aliphatic rings. The molecule has 0 saturated heterocycles. The number of halogens is 2. The van der Waals surface area contributed by atoms with E-state index in [0.717, 1.165) is 5.56 Å². The molecule has 5 heteroatoms. The van der Waals surface area contributed by atoms with E-state index in [-0.39, 0.29) is 11.1 Å². The predicted molar refractivity (Wildman–Crippen MR) is 68.3 cm³/mol. The average Bonchev–Trinajstić information content (AvgIpc) is 2.34. The van der Waals surface area contributed by atoms with Crippen molar-refractivity contribution in [2.45, 2.75) is 13.0 Å². The third kappa shape index (κ3) is 2.97. The second-order valence-electron chi connectivity index (χ2n) is 3.89. The molecule has 1 aromatic carbocycles. The molecule has 0 spiro atoms. The van der Waals surface area contributed by atoms with Crippen LogP contribution in [0.1, 0.15) is 18.5 Å². The minimum atomic E-state index is -0.485. The van der Waals surface area contributed by atoms with Crippen molar-refractivity contribution in [1.82, 2.24) is 4.98 Å². The molecule has 0 amide bonds. The molecule has 1 aromatic heterocycles. The summed E-state index contributed by atoms with van der Waals surface area (Å²) in [4.78, 5) is 4.05. The van der Waals surface area contributed by atoms with Crippen molar-refractivity contribution >= 4 is 11.6 Å². The second kappa shape index (κ2) is 5.33. The first-order chi connectivity index (χ1) is 8.56. The number of rotatable bonds is 3. The maximum absolute atomic E-state index is 13.0. The lowest BCUT2D eigenvalue weighted by molar-refractivity contribution is 0.460. The van der Waals surface area contributed by atoms with Crippen molar-refractivity contribution in [2.24, 2.45) is 5.73 Å². The Kier molecular flexibility index (Phi) is 3.79. The molecule has 0 aliphatic carbocycles. The zero-order valence-corrected chi connectivity index (χ0v) is 10.5. The van der Waals surface area contributed by atoms with Gasteiger partial charge >= 0.3 is 0 Å². The number of hydrogen-bond donors (Lipinski definition) is 1. The van der Waals surface area contributed by atoms with Crippen LogP contribution in [-0.2, 0) is 0 Å². The number of hydrogen-bond acceptors (Lipinski definition) is 3. The molecule has 2 aromatic rings. The van der Waals surface area contributed by atoms with E-state index in [0.29, 0.717) is 11.6 Å². The van der Waals surface area contributed by atoms with Crippen LogP contribution in [0.5, 0.6) is 11.6 Å². The fraction of sp³-hybridized carbons (Fsp3) is 0.154. The molecule has 0 radical (unpaired) electrons. The van der Waals surface area contributed by atoms with E-state index in [4.69, 9.17) is 22.1 Å². The quantitative estimate of drug-likeness (QED) is 0.922. The lowest BCUT2D eigenvalue weighted by Crippen LogP contribution is -2.05. The first-order valence-electron chi connectivity index (χ1n) is 5.40. The second-order valence-corrected chi connectivity index (χ2v) is 4.30. The van der Waals surface area contributed by atoms with Gasteiger partial charge in [-0.2, -0.15) is 0 Å². The minimum Gasteiger partial charge on any atom is -0.439 e. The van der Waals surface area contributed by atoms with Crippen LogP contribution < -0.4 is 10.5 Å². The first-order valence-corrected chi connectivity index (χ1v) is 5.78. The highest BCUT2D eigenvalue weighted by molar-refractivity contribution is 6.30. The third-order valence-electron chi connectivity index (χ3n) is 2.40. The van der Waals surface area contributed by atoms with Crippen LogP contribution >= 0.6 is 11.6 Å². The monoisotopic (exact) mass is 266 g/mol. The highest BCUT2D eigenvalue weighted by Crippen LogP contribution is 2.25. The van der Waals surface area contributed by atoms with Crippen LogP contribution in [0.2, 0.25) is 5.02 Å². The van der Waals surface area contributed by atoms with Gasteiger partial charge in [0.05, 0.1) is 5.02 Å². The topological polar surface area (TPSA) is 48.1 Å². The first kappa shape index (κ1) is 12.8. The van der Waals surface area contributed by atoms with Crippen LogP contribution in [0.15, 0.2) is 36.5 Å². The Bertz CT molecular complexity index is 560. The summed E-state index contributed by atoms with van der Waals surface area (Å²) >= 11 is 5.67. The summed E-state index contributed by atoms with van der Waals surface area (Å²) < 4.78 is 18.5. The van der Waals surface area contributed by atoms with Gasteiger partial charge in [-0.3, -0.25) is 0 Å². The maximum atomic E-state index is 13.0. The molecule has 2 rings (SSSR count). The van der Waals surface area contributed by atoms with E-state index in [1.807, 2.05) is 13.0 Å². The molecule has 0 saturated carbocycles. The van der Waals surface area contributed by atoms with Crippen LogP contribution in [0.25, 0.3) is 0 Å². The fourth-order valence-electron chi connectivity index (χ4n) is 1.42. The number of nitrogens with zero attached hydrogens (tertiary/aromatic N) is 1. The molecule has 18 heavy (non-hydrogen) atoms. The summed E-state index contributed by atoms with van der Waals surface area (Å²) in [6, 6.07) is 7.58. The Morgan fingerprint density at radius 2 is 2.11 bits per heavy atom. The third-order valence-corrected chi connectivity index (χ3v) is 2.69. The zero-order chi connectivity index (χ0) is 13.1. The van der Waals surface area contributed by atoms with Crippen LogP contribution in [-0.4, -0.2) is 4.98 Å². The standard InChI is InChI=1S/C13H12ClFN2O/c1-8(16)9-4-5-17-13(6-9)18-10-2-3-12(15)11(14)7-10/h2-8H,16H2,1H3. The predicted octanol–water partition coefficient (Wildman–Crippen LogP) is 3.69. The van der Waals surface area contributed by atoms with Crippen molar-refractivity contribution in [3.63, 3.8) is 0 Å². The minimum absolute atomic E-state index is 0.0100. The summed E-state index contributed by atoms with van der Waals surface area (Å²) in [5.41, 5.74) is 6.68. The Labute approximate surface area is 109 Å². The summed E-state index contributed by atoms with van der Waals surface area (Å²) in [6.07, 6.45) is 1.61. The number of ether oxygens (including phenoxy) is 1. The van der Waals surface area contributed by atoms with Crippen LogP contribution in [0.3, 0.4) is 0 Å². The van der Waals surface area contributed by atoms with Crippen molar-refractivity contribution in [1.29, 1.82) is 0 Å². The largest absolute Gasteiger partial charge is 0.439 e. The summed E-state index contributed by atoms with van der Waals surface area (Å²) in [6.45, 7) is 1.87. The highest BCUT2D eigenvalue weighted by Gasteiger charge is 2.06. The highest BCUT2D eigenvalue weighted by atomic mass is 35.5. The number of pyridine rings is 1. The van der Waals surface area contributed by atoms with Gasteiger partial charge in [-0.05, 0) is 30.7 Å². The van der Waals surface area contributed by atoms with Crippen molar-refractivity contribution in [2.75, 3.05) is 0 Å². The lowest BCUT2D eigenvalue weighted by atomic mass is 10.1. The van der Waals surface area contributed by atoms with Gasteiger partial charge in [0.2, 0.25) is 5.88 Å². The summed E-state index contributed by atoms with van der Waals surface area (Å²) in [5.74, 6) is 0.338. The van der Waals surface area contributed by atoms with Gasteiger partial charge in [0, 0.05) is 24.4 Å². The normalized spacial score (nSPS) is 12.2. The molecule has 0 bridgehead atoms. The maximum Gasteiger partial charge on any atom is 0.219 e. The average molecular weight is 267 g/mol. The lowest BCUT2D eigenvalue weighted by Gasteiger charge is -2.09. The van der Waals surface area contributed by atoms with E-state index in [1.54, 1.807) is 12.3 Å². The molecular formula is C13H12ClFN2O. The molecule has 94 valence electrons. The molecular weight excluding hydrogens is 255 g/mol.